The van der Waals surface area contributed by atoms with Crippen molar-refractivity contribution in [2.24, 2.45) is 5.92 Å². The number of benzene rings is 3. The highest BCUT2D eigenvalue weighted by atomic mass is 35.5. The van der Waals surface area contributed by atoms with Crippen molar-refractivity contribution >= 4 is 34.8 Å². The highest BCUT2D eigenvalue weighted by molar-refractivity contribution is 6.32. The van der Waals surface area contributed by atoms with Gasteiger partial charge in [0.25, 0.3) is 5.91 Å². The molecule has 2 amide bonds. The quantitative estimate of drug-likeness (QED) is 0.494. The summed E-state index contributed by atoms with van der Waals surface area (Å²) >= 11 is 6.28. The summed E-state index contributed by atoms with van der Waals surface area (Å²) in [6.45, 7) is 1.87. The summed E-state index contributed by atoms with van der Waals surface area (Å²) in [7, 11) is 3.19. The predicted octanol–water partition coefficient (Wildman–Crippen LogP) is 4.72. The summed E-state index contributed by atoms with van der Waals surface area (Å²) < 4.78 is 10.5. The van der Waals surface area contributed by atoms with Gasteiger partial charge in [0.15, 0.2) is 6.10 Å². The Morgan fingerprint density at radius 2 is 1.41 bits per heavy atom. The second-order valence-corrected chi connectivity index (χ2v) is 8.65. The Bertz CT molecular complexity index is 1250. The molecule has 0 spiro atoms. The lowest BCUT2D eigenvalue weighted by molar-refractivity contribution is -0.126. The monoisotopic (exact) mass is 478 g/mol. The molecule has 2 heterocycles. The number of amides is 2. The maximum atomic E-state index is 13.7. The van der Waals surface area contributed by atoms with Crippen LogP contribution in [-0.2, 0) is 14.4 Å². The van der Waals surface area contributed by atoms with E-state index in [9.17, 15) is 9.59 Å². The zero-order valence-electron chi connectivity index (χ0n) is 18.9. The van der Waals surface area contributed by atoms with Crippen LogP contribution in [0.15, 0.2) is 66.7 Å². The largest absolute Gasteiger partial charge is 0.497 e. The van der Waals surface area contributed by atoms with Crippen molar-refractivity contribution in [3.8, 4) is 11.5 Å². The lowest BCUT2D eigenvalue weighted by atomic mass is 9.90. The third-order valence-electron chi connectivity index (χ3n) is 6.31. The summed E-state index contributed by atoms with van der Waals surface area (Å²) in [5, 5.41) is 2.13. The average Bonchev–Trinajstić information content (AvgIpc) is 3.37. The zero-order chi connectivity index (χ0) is 24.0. The predicted molar refractivity (Wildman–Crippen MR) is 128 cm³/mol. The zero-order valence-corrected chi connectivity index (χ0v) is 19.7. The van der Waals surface area contributed by atoms with Crippen LogP contribution < -0.4 is 19.4 Å². The minimum atomic E-state index is -0.957. The fourth-order valence-electron chi connectivity index (χ4n) is 4.48. The Kier molecular flexibility index (Phi) is 5.67. The third kappa shape index (κ3) is 3.57. The number of imide groups is 1. The molecular formula is C26H23ClN2O5. The molecule has 0 unspecified atom stereocenters. The van der Waals surface area contributed by atoms with E-state index in [1.807, 2.05) is 55.5 Å². The molecule has 0 aliphatic carbocycles. The van der Waals surface area contributed by atoms with Crippen molar-refractivity contribution in [2.75, 3.05) is 24.2 Å². The summed E-state index contributed by atoms with van der Waals surface area (Å²) in [6.07, 6.45) is -0.957. The molecule has 174 valence electrons. The van der Waals surface area contributed by atoms with Crippen molar-refractivity contribution in [3.63, 3.8) is 0 Å². The van der Waals surface area contributed by atoms with Gasteiger partial charge in [-0.05, 0) is 66.6 Å². The fraction of sp³-hybridized carbons (Fsp3) is 0.231. The van der Waals surface area contributed by atoms with Gasteiger partial charge in [0, 0.05) is 5.02 Å². The molecule has 2 aliphatic heterocycles. The summed E-state index contributed by atoms with van der Waals surface area (Å²) in [6, 6.07) is 19.3. The Morgan fingerprint density at radius 1 is 0.824 bits per heavy atom. The molecule has 34 heavy (non-hydrogen) atoms. The number of halogens is 1. The number of ether oxygens (including phenoxy) is 2. The van der Waals surface area contributed by atoms with Crippen LogP contribution in [0, 0.1) is 12.8 Å². The maximum absolute atomic E-state index is 13.7. The topological polar surface area (TPSA) is 68.3 Å². The van der Waals surface area contributed by atoms with Crippen LogP contribution in [-0.4, -0.2) is 32.1 Å². The number of hydrogen-bond acceptors (Lipinski definition) is 6. The molecule has 2 aliphatic rings. The molecule has 0 radical (unpaired) electrons. The van der Waals surface area contributed by atoms with Gasteiger partial charge in [-0.1, -0.05) is 29.8 Å². The van der Waals surface area contributed by atoms with Crippen molar-refractivity contribution in [1.29, 1.82) is 0 Å². The molecule has 0 bridgehead atoms. The molecule has 7 nitrogen and oxygen atoms in total. The number of hydrogen-bond donors (Lipinski definition) is 0. The number of hydroxylamine groups is 1. The van der Waals surface area contributed by atoms with Crippen molar-refractivity contribution in [1.82, 2.24) is 0 Å². The van der Waals surface area contributed by atoms with Gasteiger partial charge in [-0.3, -0.25) is 14.4 Å². The molecule has 2 saturated heterocycles. The van der Waals surface area contributed by atoms with E-state index in [0.29, 0.717) is 27.9 Å². The highest BCUT2D eigenvalue weighted by Crippen LogP contribution is 2.48. The van der Waals surface area contributed by atoms with E-state index in [4.69, 9.17) is 25.9 Å². The van der Waals surface area contributed by atoms with E-state index >= 15 is 0 Å². The second kappa shape index (κ2) is 8.66. The number of nitrogens with zero attached hydrogens (tertiary/aromatic N) is 2. The first-order valence-electron chi connectivity index (χ1n) is 10.8. The van der Waals surface area contributed by atoms with Gasteiger partial charge < -0.3 is 9.47 Å². The Labute approximate surface area is 202 Å². The number of rotatable bonds is 5. The summed E-state index contributed by atoms with van der Waals surface area (Å²) in [5.41, 5.74) is 2.84. The van der Waals surface area contributed by atoms with Crippen LogP contribution in [0.5, 0.6) is 11.5 Å². The van der Waals surface area contributed by atoms with Gasteiger partial charge in [-0.25, -0.2) is 9.96 Å². The summed E-state index contributed by atoms with van der Waals surface area (Å²) in [4.78, 5) is 34.5. The van der Waals surface area contributed by atoms with Gasteiger partial charge in [-0.2, -0.15) is 0 Å². The van der Waals surface area contributed by atoms with Gasteiger partial charge >= 0.3 is 0 Å². The second-order valence-electron chi connectivity index (χ2n) is 8.24. The van der Waals surface area contributed by atoms with Crippen molar-refractivity contribution in [2.45, 2.75) is 19.1 Å². The SMILES string of the molecule is COc1ccc([C@@H]2[C@H]3C(=O)N(c4ccc(C)c(Cl)c4)C(=O)[C@@H]3ON2c2ccc(OC)cc2)cc1. The Balaban J connectivity index is 1.56. The molecule has 5 rings (SSSR count). The van der Waals surface area contributed by atoms with E-state index in [2.05, 4.69) is 0 Å². The van der Waals surface area contributed by atoms with Crippen LogP contribution >= 0.6 is 11.6 Å². The molecule has 0 saturated carbocycles. The highest BCUT2D eigenvalue weighted by Gasteiger charge is 2.60. The van der Waals surface area contributed by atoms with Crippen LogP contribution in [0.2, 0.25) is 5.02 Å². The fourth-order valence-corrected chi connectivity index (χ4v) is 4.66. The number of methoxy groups -OCH3 is 2. The molecule has 3 aromatic rings. The van der Waals surface area contributed by atoms with Crippen LogP contribution in [0.25, 0.3) is 0 Å². The van der Waals surface area contributed by atoms with E-state index in [1.54, 1.807) is 37.5 Å². The molecule has 8 heteroatoms. The average molecular weight is 479 g/mol. The third-order valence-corrected chi connectivity index (χ3v) is 6.72. The maximum Gasteiger partial charge on any atom is 0.266 e. The van der Waals surface area contributed by atoms with E-state index in [0.717, 1.165) is 11.1 Å². The van der Waals surface area contributed by atoms with Gasteiger partial charge in [0.1, 0.15) is 17.4 Å². The molecular weight excluding hydrogens is 456 g/mol. The minimum absolute atomic E-state index is 0.327. The van der Waals surface area contributed by atoms with Gasteiger partial charge in [-0.15, -0.1) is 0 Å². The van der Waals surface area contributed by atoms with E-state index in [1.165, 1.54) is 4.90 Å². The first-order chi connectivity index (χ1) is 16.4. The van der Waals surface area contributed by atoms with Gasteiger partial charge in [0.2, 0.25) is 5.91 Å². The van der Waals surface area contributed by atoms with Crippen molar-refractivity contribution in [3.05, 3.63) is 82.9 Å². The number of aryl methyl sites for hydroxylation is 1. The molecule has 3 aromatic carbocycles. The molecule has 0 aromatic heterocycles. The first-order valence-corrected chi connectivity index (χ1v) is 11.2. The van der Waals surface area contributed by atoms with E-state index < -0.39 is 24.0 Å². The molecule has 3 atom stereocenters. The Morgan fingerprint density at radius 3 is 2.00 bits per heavy atom. The standard InChI is InChI=1S/C26H23ClN2O5/c1-15-4-7-18(14-21(15)27)28-25(30)22-23(16-5-10-19(32-2)11-6-16)29(34-24(22)26(28)31)17-8-12-20(33-3)13-9-17/h4-14,22-24H,1-3H3/t22-,23-,24-/m1/s1. The smallest absolute Gasteiger partial charge is 0.266 e. The van der Waals surface area contributed by atoms with Crippen LogP contribution in [0.4, 0.5) is 11.4 Å². The number of anilines is 2. The van der Waals surface area contributed by atoms with Crippen molar-refractivity contribution < 1.29 is 23.9 Å². The molecule has 2 fully saturated rings. The molecule has 0 N–H and O–H groups in total. The lowest BCUT2D eigenvalue weighted by Crippen LogP contribution is -2.37. The lowest BCUT2D eigenvalue weighted by Gasteiger charge is -2.29. The van der Waals surface area contributed by atoms with E-state index in [-0.39, 0.29) is 5.91 Å². The Hall–Kier alpha value is -3.55. The van der Waals surface area contributed by atoms with Crippen LogP contribution in [0.3, 0.4) is 0 Å². The number of fused-ring (bicyclic) bond motifs is 1. The number of carbonyl (C=O) groups excluding carboxylic acids is 2. The number of carbonyl (C=O) groups is 2. The summed E-state index contributed by atoms with van der Waals surface area (Å²) in [5.74, 6) is -0.0852. The minimum Gasteiger partial charge on any atom is -0.497 e. The van der Waals surface area contributed by atoms with Crippen LogP contribution in [0.1, 0.15) is 17.2 Å². The normalized spacial score (nSPS) is 21.7. The van der Waals surface area contributed by atoms with Gasteiger partial charge in [0.05, 0.1) is 31.6 Å². The first kappa shape index (κ1) is 22.3.